The summed E-state index contributed by atoms with van der Waals surface area (Å²) < 4.78 is 11.8. The van der Waals surface area contributed by atoms with Crippen LogP contribution in [0.15, 0.2) is 48.4 Å². The highest BCUT2D eigenvalue weighted by molar-refractivity contribution is 8.77. The van der Waals surface area contributed by atoms with Gasteiger partial charge in [0.2, 0.25) is 0 Å². The maximum absolute atomic E-state index is 11.8. The van der Waals surface area contributed by atoms with Gasteiger partial charge in [-0.2, -0.15) is 0 Å². The predicted octanol–water partition coefficient (Wildman–Crippen LogP) is 4.32. The molecule has 0 heterocycles. The van der Waals surface area contributed by atoms with Crippen LogP contribution in [0.1, 0.15) is 11.1 Å². The van der Waals surface area contributed by atoms with Gasteiger partial charge in [0.25, 0.3) is 0 Å². The summed E-state index contributed by atoms with van der Waals surface area (Å²) in [6, 6.07) is 8.21. The van der Waals surface area contributed by atoms with Gasteiger partial charge in [-0.3, -0.25) is 4.21 Å². The van der Waals surface area contributed by atoms with Gasteiger partial charge in [-0.15, -0.1) is 6.58 Å². The molecule has 0 aromatic heterocycles. The van der Waals surface area contributed by atoms with Crippen molar-refractivity contribution in [2.75, 3.05) is 11.5 Å². The molecule has 0 saturated heterocycles. The topological polar surface area (TPSA) is 17.1 Å². The number of rotatable bonds is 8. The third-order valence-electron chi connectivity index (χ3n) is 2.14. The fourth-order valence-corrected chi connectivity index (χ4v) is 3.78. The molecule has 1 atom stereocenters. The molecule has 4 heteroatoms. The molecule has 1 unspecified atom stereocenters. The Kier molecular flexibility index (Phi) is 8.22. The molecule has 0 fully saturated rings. The van der Waals surface area contributed by atoms with E-state index in [1.54, 1.807) is 21.6 Å². The maximum Gasteiger partial charge on any atom is 0.0488 e. The third kappa shape index (κ3) is 7.09. The minimum Gasteiger partial charge on any atom is -0.259 e. The van der Waals surface area contributed by atoms with Crippen molar-refractivity contribution in [1.82, 2.24) is 0 Å². The van der Waals surface area contributed by atoms with Crippen LogP contribution in [0.2, 0.25) is 0 Å². The molecule has 0 amide bonds. The molecule has 98 valence electrons. The van der Waals surface area contributed by atoms with Gasteiger partial charge in [0.1, 0.15) is 0 Å². The van der Waals surface area contributed by atoms with Gasteiger partial charge < -0.3 is 0 Å². The summed E-state index contributed by atoms with van der Waals surface area (Å²) in [5.74, 6) is 2.19. The van der Waals surface area contributed by atoms with Gasteiger partial charge in [0, 0.05) is 28.1 Å². The minimum atomic E-state index is -0.814. The van der Waals surface area contributed by atoms with Crippen LogP contribution in [0.5, 0.6) is 0 Å². The highest BCUT2D eigenvalue weighted by atomic mass is 33.1. The molecule has 1 nitrogen and oxygen atoms in total. The van der Waals surface area contributed by atoms with E-state index in [9.17, 15) is 4.21 Å². The van der Waals surface area contributed by atoms with Crippen LogP contribution in [-0.4, -0.2) is 15.7 Å². The number of benzene rings is 1. The molecule has 0 aliphatic carbocycles. The Labute approximate surface area is 120 Å². The summed E-state index contributed by atoms with van der Waals surface area (Å²) in [6.07, 6.45) is 3.85. The fraction of sp³-hybridized carbons (Fsp3) is 0.286. The lowest BCUT2D eigenvalue weighted by Crippen LogP contribution is -1.98. The smallest absolute Gasteiger partial charge is 0.0488 e. The lowest BCUT2D eigenvalue weighted by Gasteiger charge is -2.00. The van der Waals surface area contributed by atoms with E-state index in [0.29, 0.717) is 11.5 Å². The van der Waals surface area contributed by atoms with Gasteiger partial charge in [-0.1, -0.05) is 63.6 Å². The van der Waals surface area contributed by atoms with Crippen LogP contribution in [0.3, 0.4) is 0 Å². The monoisotopic (exact) mass is 298 g/mol. The molecule has 0 saturated carbocycles. The van der Waals surface area contributed by atoms with E-state index in [2.05, 4.69) is 25.6 Å². The standard InChI is InChI=1S/C14H18OS3/c1-3-9-16-17-10-4-11-18(15)12-14-7-5-13(2)6-8-14/h3-8,10H,1,9,11-12H2,2H3. The van der Waals surface area contributed by atoms with Crippen LogP contribution in [-0.2, 0) is 16.6 Å². The van der Waals surface area contributed by atoms with Crippen molar-refractivity contribution in [2.45, 2.75) is 12.7 Å². The Morgan fingerprint density at radius 2 is 2.06 bits per heavy atom. The molecule has 0 spiro atoms. The van der Waals surface area contributed by atoms with Gasteiger partial charge in [-0.25, -0.2) is 0 Å². The predicted molar refractivity (Wildman–Crippen MR) is 87.3 cm³/mol. The molecule has 0 N–H and O–H groups in total. The van der Waals surface area contributed by atoms with Crippen molar-refractivity contribution < 1.29 is 4.21 Å². The Hall–Kier alpha value is -0.450. The Morgan fingerprint density at radius 3 is 2.72 bits per heavy atom. The van der Waals surface area contributed by atoms with Gasteiger partial charge in [0.15, 0.2) is 0 Å². The van der Waals surface area contributed by atoms with E-state index in [1.165, 1.54) is 5.56 Å². The van der Waals surface area contributed by atoms with Crippen molar-refractivity contribution in [2.24, 2.45) is 0 Å². The molecule has 0 aliphatic rings. The first kappa shape index (κ1) is 15.6. The minimum absolute atomic E-state index is 0.621. The maximum atomic E-state index is 11.8. The van der Waals surface area contributed by atoms with E-state index in [1.807, 2.05) is 29.7 Å². The van der Waals surface area contributed by atoms with Crippen molar-refractivity contribution in [3.63, 3.8) is 0 Å². The van der Waals surface area contributed by atoms with Crippen molar-refractivity contribution in [1.29, 1.82) is 0 Å². The fourth-order valence-electron chi connectivity index (χ4n) is 1.24. The van der Waals surface area contributed by atoms with Crippen LogP contribution in [0.4, 0.5) is 0 Å². The Morgan fingerprint density at radius 1 is 1.33 bits per heavy atom. The van der Waals surface area contributed by atoms with E-state index in [-0.39, 0.29) is 0 Å². The summed E-state index contributed by atoms with van der Waals surface area (Å²) >= 11 is 0. The van der Waals surface area contributed by atoms with Crippen molar-refractivity contribution in [3.05, 3.63) is 59.5 Å². The van der Waals surface area contributed by atoms with Gasteiger partial charge >= 0.3 is 0 Å². The second-order valence-electron chi connectivity index (χ2n) is 3.78. The molecule has 0 radical (unpaired) electrons. The third-order valence-corrected chi connectivity index (χ3v) is 5.32. The van der Waals surface area contributed by atoms with Crippen molar-refractivity contribution >= 4 is 32.4 Å². The second kappa shape index (κ2) is 9.48. The number of hydrogen-bond acceptors (Lipinski definition) is 3. The SMILES string of the molecule is C=CCSSC=CCS(=O)Cc1ccc(C)cc1. The quantitative estimate of drug-likeness (QED) is 0.404. The zero-order valence-electron chi connectivity index (χ0n) is 10.5. The Balaban J connectivity index is 2.25. The second-order valence-corrected chi connectivity index (χ2v) is 7.60. The van der Waals surface area contributed by atoms with E-state index >= 15 is 0 Å². The molecular formula is C14H18OS3. The molecule has 0 aliphatic heterocycles. The van der Waals surface area contributed by atoms with E-state index in [0.717, 1.165) is 11.3 Å². The number of hydrogen-bond donors (Lipinski definition) is 0. The van der Waals surface area contributed by atoms with Crippen LogP contribution < -0.4 is 0 Å². The van der Waals surface area contributed by atoms with Crippen LogP contribution in [0, 0.1) is 6.92 Å². The summed E-state index contributed by atoms with van der Waals surface area (Å²) in [7, 11) is 2.57. The van der Waals surface area contributed by atoms with Gasteiger partial charge in [-0.05, 0) is 17.9 Å². The summed E-state index contributed by atoms with van der Waals surface area (Å²) in [4.78, 5) is 0. The first-order chi connectivity index (χ1) is 8.72. The van der Waals surface area contributed by atoms with Crippen molar-refractivity contribution in [3.8, 4) is 0 Å². The highest BCUT2D eigenvalue weighted by Crippen LogP contribution is 2.21. The highest BCUT2D eigenvalue weighted by Gasteiger charge is 1.99. The largest absolute Gasteiger partial charge is 0.259 e. The van der Waals surface area contributed by atoms with E-state index < -0.39 is 10.8 Å². The number of aryl methyl sites for hydroxylation is 1. The first-order valence-corrected chi connectivity index (χ1v) is 9.54. The van der Waals surface area contributed by atoms with E-state index in [4.69, 9.17) is 0 Å². The molecule has 18 heavy (non-hydrogen) atoms. The molecule has 1 rings (SSSR count). The average Bonchev–Trinajstić information content (AvgIpc) is 2.36. The summed E-state index contributed by atoms with van der Waals surface area (Å²) in [5, 5.41) is 2.00. The van der Waals surface area contributed by atoms with Gasteiger partial charge in [0.05, 0.1) is 0 Å². The zero-order chi connectivity index (χ0) is 13.2. The molecule has 1 aromatic carbocycles. The molecule has 1 aromatic rings. The summed E-state index contributed by atoms with van der Waals surface area (Å²) in [5.41, 5.74) is 2.38. The normalized spacial score (nSPS) is 12.7. The molecule has 0 bridgehead atoms. The summed E-state index contributed by atoms with van der Waals surface area (Å²) in [6.45, 7) is 5.71. The average molecular weight is 298 g/mol. The Bertz CT molecular complexity index is 410. The zero-order valence-corrected chi connectivity index (χ0v) is 13.0. The lowest BCUT2D eigenvalue weighted by atomic mass is 10.2. The first-order valence-electron chi connectivity index (χ1n) is 5.67. The van der Waals surface area contributed by atoms with Crippen LogP contribution in [0.25, 0.3) is 0 Å². The lowest BCUT2D eigenvalue weighted by molar-refractivity contribution is 0.684. The van der Waals surface area contributed by atoms with Crippen LogP contribution >= 0.6 is 21.6 Å². The molecular weight excluding hydrogens is 280 g/mol.